The third-order valence-corrected chi connectivity index (χ3v) is 2.75. The Bertz CT molecular complexity index is 431. The minimum absolute atomic E-state index is 0.408. The first-order valence-corrected chi connectivity index (χ1v) is 5.10. The van der Waals surface area contributed by atoms with Crippen LogP contribution in [-0.2, 0) is 4.84 Å². The lowest BCUT2D eigenvalue weighted by atomic mass is 9.92. The second-order valence-corrected chi connectivity index (χ2v) is 4.46. The van der Waals surface area contributed by atoms with Gasteiger partial charge < -0.3 is 4.84 Å². The highest BCUT2D eigenvalue weighted by Crippen LogP contribution is 2.30. The second kappa shape index (κ2) is 3.38. The van der Waals surface area contributed by atoms with E-state index in [2.05, 4.69) is 11.7 Å². The number of hydrogen-bond donors (Lipinski definition) is 0. The first kappa shape index (κ1) is 10.2. The van der Waals surface area contributed by atoms with Crippen LogP contribution in [0, 0.1) is 0 Å². The van der Waals surface area contributed by atoms with Gasteiger partial charge in [0.25, 0.3) is 0 Å². The second-order valence-electron chi connectivity index (χ2n) is 4.03. The van der Waals surface area contributed by atoms with Gasteiger partial charge in [-0.25, -0.2) is 0 Å². The van der Waals surface area contributed by atoms with E-state index in [-0.39, 0.29) is 0 Å². The number of benzene rings is 1. The predicted molar refractivity (Wildman–Crippen MR) is 62.3 cm³/mol. The molecule has 0 amide bonds. The number of oxime groups is 1. The fourth-order valence-electron chi connectivity index (χ4n) is 1.39. The third-order valence-electron chi connectivity index (χ3n) is 2.50. The van der Waals surface area contributed by atoms with Crippen LogP contribution in [0.2, 0.25) is 5.02 Å². The molecule has 2 rings (SSSR count). The van der Waals surface area contributed by atoms with Gasteiger partial charge in [-0.05, 0) is 26.0 Å². The van der Waals surface area contributed by atoms with Crippen molar-refractivity contribution in [2.24, 2.45) is 5.16 Å². The van der Waals surface area contributed by atoms with Crippen molar-refractivity contribution in [1.82, 2.24) is 0 Å². The van der Waals surface area contributed by atoms with Gasteiger partial charge in [-0.3, -0.25) is 0 Å². The quantitative estimate of drug-likeness (QED) is 0.712. The van der Waals surface area contributed by atoms with Crippen molar-refractivity contribution < 1.29 is 4.84 Å². The Hall–Kier alpha value is -1.28. The van der Waals surface area contributed by atoms with Crippen LogP contribution in [0.4, 0.5) is 0 Å². The molecule has 0 fully saturated rings. The molecule has 78 valence electrons. The lowest BCUT2D eigenvalue weighted by Crippen LogP contribution is -2.22. The molecule has 0 atom stereocenters. The van der Waals surface area contributed by atoms with Crippen molar-refractivity contribution in [3.05, 3.63) is 47.0 Å². The maximum atomic E-state index is 5.82. The van der Waals surface area contributed by atoms with Crippen molar-refractivity contribution in [3.63, 3.8) is 0 Å². The Labute approximate surface area is 94.2 Å². The Kier molecular flexibility index (Phi) is 2.31. The van der Waals surface area contributed by atoms with Gasteiger partial charge in [0.1, 0.15) is 5.71 Å². The minimum atomic E-state index is -0.408. The minimum Gasteiger partial charge on any atom is -0.384 e. The van der Waals surface area contributed by atoms with Gasteiger partial charge >= 0.3 is 0 Å². The predicted octanol–water partition coefficient (Wildman–Crippen LogP) is 3.41. The maximum Gasteiger partial charge on any atom is 0.158 e. The van der Waals surface area contributed by atoms with Crippen LogP contribution < -0.4 is 0 Å². The molecule has 0 spiro atoms. The Balaban J connectivity index is 2.35. The Morgan fingerprint density at radius 2 is 1.87 bits per heavy atom. The van der Waals surface area contributed by atoms with E-state index in [1.807, 2.05) is 38.1 Å². The van der Waals surface area contributed by atoms with Crippen LogP contribution >= 0.6 is 11.6 Å². The number of nitrogens with zero attached hydrogens (tertiary/aromatic N) is 1. The van der Waals surface area contributed by atoms with E-state index in [1.54, 1.807) is 0 Å². The molecule has 1 aromatic carbocycles. The summed E-state index contributed by atoms with van der Waals surface area (Å²) in [5.74, 6) is 0. The zero-order chi connectivity index (χ0) is 11.1. The summed E-state index contributed by atoms with van der Waals surface area (Å²) in [4.78, 5) is 5.31. The van der Waals surface area contributed by atoms with Crippen LogP contribution in [0.3, 0.4) is 0 Å². The van der Waals surface area contributed by atoms with Crippen LogP contribution in [0.25, 0.3) is 0 Å². The highest BCUT2D eigenvalue weighted by atomic mass is 35.5. The summed E-state index contributed by atoms with van der Waals surface area (Å²) in [5, 5.41) is 4.75. The van der Waals surface area contributed by atoms with Gasteiger partial charge in [0, 0.05) is 16.2 Å². The first-order valence-electron chi connectivity index (χ1n) is 4.72. The summed E-state index contributed by atoms with van der Waals surface area (Å²) in [6.45, 7) is 7.89. The molecule has 1 aliphatic rings. The molecule has 3 heteroatoms. The highest BCUT2D eigenvalue weighted by Gasteiger charge is 2.34. The molecule has 2 nitrogen and oxygen atoms in total. The van der Waals surface area contributed by atoms with Gasteiger partial charge in [0.15, 0.2) is 5.60 Å². The van der Waals surface area contributed by atoms with Gasteiger partial charge in [0.2, 0.25) is 0 Å². The molecule has 0 saturated heterocycles. The zero-order valence-electron chi connectivity index (χ0n) is 8.75. The largest absolute Gasteiger partial charge is 0.384 e. The lowest BCUT2D eigenvalue weighted by molar-refractivity contribution is 0.0352. The third kappa shape index (κ3) is 1.77. The van der Waals surface area contributed by atoms with E-state index in [9.17, 15) is 0 Å². The fraction of sp³-hybridized carbons (Fsp3) is 0.250. The lowest BCUT2D eigenvalue weighted by Gasteiger charge is -2.16. The Morgan fingerprint density at radius 1 is 1.27 bits per heavy atom. The monoisotopic (exact) mass is 221 g/mol. The summed E-state index contributed by atoms with van der Waals surface area (Å²) in [5.41, 5.74) is 2.27. The molecule has 0 unspecified atom stereocenters. The molecule has 0 aliphatic carbocycles. The van der Waals surface area contributed by atoms with Gasteiger partial charge in [-0.1, -0.05) is 35.5 Å². The molecule has 0 saturated carbocycles. The van der Waals surface area contributed by atoms with Gasteiger partial charge in [0.05, 0.1) is 0 Å². The topological polar surface area (TPSA) is 21.6 Å². The molecule has 1 heterocycles. The van der Waals surface area contributed by atoms with E-state index in [4.69, 9.17) is 16.4 Å². The first-order chi connectivity index (χ1) is 7.00. The van der Waals surface area contributed by atoms with Crippen LogP contribution in [-0.4, -0.2) is 11.3 Å². The summed E-state index contributed by atoms with van der Waals surface area (Å²) in [6, 6.07) is 7.49. The van der Waals surface area contributed by atoms with Crippen molar-refractivity contribution >= 4 is 17.3 Å². The zero-order valence-corrected chi connectivity index (χ0v) is 9.51. The van der Waals surface area contributed by atoms with Crippen molar-refractivity contribution in [2.75, 3.05) is 0 Å². The summed E-state index contributed by atoms with van der Waals surface area (Å²) >= 11 is 5.82. The normalized spacial score (nSPS) is 18.6. The van der Waals surface area contributed by atoms with E-state index < -0.39 is 5.60 Å². The molecule has 0 radical (unpaired) electrons. The Morgan fingerprint density at radius 3 is 2.33 bits per heavy atom. The molecule has 1 aromatic rings. The van der Waals surface area contributed by atoms with E-state index in [0.717, 1.165) is 16.8 Å². The SMILES string of the molecule is C=C1C(c2ccc(Cl)cc2)=NOC1(C)C. The molecule has 15 heavy (non-hydrogen) atoms. The van der Waals surface area contributed by atoms with Crippen molar-refractivity contribution in [2.45, 2.75) is 19.4 Å². The molecule has 0 bridgehead atoms. The van der Waals surface area contributed by atoms with Crippen LogP contribution in [0.15, 0.2) is 41.6 Å². The number of halogens is 1. The molecule has 1 aliphatic heterocycles. The van der Waals surface area contributed by atoms with Crippen LogP contribution in [0.5, 0.6) is 0 Å². The van der Waals surface area contributed by atoms with E-state index >= 15 is 0 Å². The van der Waals surface area contributed by atoms with Crippen molar-refractivity contribution in [3.8, 4) is 0 Å². The standard InChI is InChI=1S/C12H12ClNO/c1-8-11(14-15-12(8,2)3)9-4-6-10(13)7-5-9/h4-7H,1H2,2-3H3. The molecule has 0 N–H and O–H groups in total. The number of rotatable bonds is 1. The fourth-order valence-corrected chi connectivity index (χ4v) is 1.52. The molecule has 0 aromatic heterocycles. The average molecular weight is 222 g/mol. The van der Waals surface area contributed by atoms with Gasteiger partial charge in [-0.2, -0.15) is 0 Å². The molecular formula is C12H12ClNO. The van der Waals surface area contributed by atoms with Crippen molar-refractivity contribution in [1.29, 1.82) is 0 Å². The number of hydrogen-bond acceptors (Lipinski definition) is 2. The average Bonchev–Trinajstić information content (AvgIpc) is 2.45. The smallest absolute Gasteiger partial charge is 0.158 e. The van der Waals surface area contributed by atoms with E-state index in [0.29, 0.717) is 5.02 Å². The van der Waals surface area contributed by atoms with Gasteiger partial charge in [-0.15, -0.1) is 0 Å². The maximum absolute atomic E-state index is 5.82. The highest BCUT2D eigenvalue weighted by molar-refractivity contribution is 6.30. The van der Waals surface area contributed by atoms with E-state index in [1.165, 1.54) is 0 Å². The molecular weight excluding hydrogens is 210 g/mol. The summed E-state index contributed by atoms with van der Waals surface area (Å²) < 4.78 is 0. The summed E-state index contributed by atoms with van der Waals surface area (Å²) in [7, 11) is 0. The summed E-state index contributed by atoms with van der Waals surface area (Å²) in [6.07, 6.45) is 0. The van der Waals surface area contributed by atoms with Crippen LogP contribution in [0.1, 0.15) is 19.4 Å².